The number of hydrogen-bond donors (Lipinski definition) is 0. The molecule has 10 aromatic rings. The van der Waals surface area contributed by atoms with Gasteiger partial charge in [0.1, 0.15) is 0 Å². The summed E-state index contributed by atoms with van der Waals surface area (Å²) in [6.07, 6.45) is 6.68. The van der Waals surface area contributed by atoms with E-state index in [2.05, 4.69) is 188 Å². The summed E-state index contributed by atoms with van der Waals surface area (Å²) in [6, 6.07) is 69.0. The molecule has 2 aromatic heterocycles. The standard InChI is InChI=1S/C61H45N3S/c1-4-14-39(15-5-1)43-33-44(40-16-6-2-7-17-40)35-45(34-43)59-62-58(41-18-8-3-9-19-41)63-60(64-59)52-27-26-48(42-24-25-50-49-20-11-13-23-54(49)65-55(50)36-42)57-56(52)51-21-10-12-22-53(51)61(57)46-29-37-28-38(31-46)32-47(61)30-37/h1-27,33-38,46-47H,28-32H2. The van der Waals surface area contributed by atoms with Crippen LogP contribution >= 0.6 is 11.3 Å². The Balaban J connectivity index is 1.04. The van der Waals surface area contributed by atoms with E-state index in [1.807, 2.05) is 11.3 Å². The number of benzene rings is 8. The first kappa shape index (κ1) is 37.4. The van der Waals surface area contributed by atoms with Crippen molar-refractivity contribution >= 4 is 31.5 Å². The number of fused-ring (bicyclic) bond motifs is 6. The lowest BCUT2D eigenvalue weighted by molar-refractivity contribution is -0.0397. The topological polar surface area (TPSA) is 38.7 Å². The lowest BCUT2D eigenvalue weighted by Crippen LogP contribution is -2.55. The summed E-state index contributed by atoms with van der Waals surface area (Å²) in [7, 11) is 0. The summed E-state index contributed by atoms with van der Waals surface area (Å²) >= 11 is 1.91. The highest BCUT2D eigenvalue weighted by Crippen LogP contribution is 2.71. The molecule has 0 unspecified atom stereocenters. The van der Waals surface area contributed by atoms with Crippen LogP contribution in [0.4, 0.5) is 0 Å². The third-order valence-corrected chi connectivity index (χ3v) is 16.8. The maximum atomic E-state index is 5.59. The molecule has 4 heteroatoms. The number of aromatic nitrogens is 3. The minimum atomic E-state index is -0.0630. The summed E-state index contributed by atoms with van der Waals surface area (Å²) in [5.74, 6) is 4.97. The normalized spacial score (nSPS) is 21.3. The van der Waals surface area contributed by atoms with Crippen LogP contribution in [0.15, 0.2) is 188 Å². The molecule has 0 N–H and O–H groups in total. The summed E-state index contributed by atoms with van der Waals surface area (Å²) in [4.78, 5) is 16.4. The first-order valence-electron chi connectivity index (χ1n) is 23.4. The van der Waals surface area contributed by atoms with Gasteiger partial charge in [-0.25, -0.2) is 15.0 Å². The van der Waals surface area contributed by atoms with Crippen molar-refractivity contribution < 1.29 is 0 Å². The Labute approximate surface area is 383 Å². The Bertz CT molecular complexity index is 3410. The molecular weight excluding hydrogens is 807 g/mol. The lowest BCUT2D eigenvalue weighted by atomic mass is 9.42. The van der Waals surface area contributed by atoms with E-state index in [0.29, 0.717) is 23.5 Å². The average molecular weight is 852 g/mol. The first-order chi connectivity index (χ1) is 32.2. The maximum Gasteiger partial charge on any atom is 0.164 e. The third-order valence-electron chi connectivity index (χ3n) is 15.7. The van der Waals surface area contributed by atoms with E-state index in [1.165, 1.54) is 85.7 Å². The van der Waals surface area contributed by atoms with Gasteiger partial charge in [0.2, 0.25) is 0 Å². The summed E-state index contributed by atoms with van der Waals surface area (Å²) in [6.45, 7) is 0. The molecule has 0 aliphatic heterocycles. The van der Waals surface area contributed by atoms with Gasteiger partial charge in [-0.2, -0.15) is 0 Å². The van der Waals surface area contributed by atoms with E-state index in [-0.39, 0.29) is 5.41 Å². The summed E-state index contributed by atoms with van der Waals surface area (Å²) in [5, 5.41) is 2.68. The molecule has 5 aliphatic rings. The fourth-order valence-electron chi connectivity index (χ4n) is 13.3. The zero-order valence-electron chi connectivity index (χ0n) is 36.0. The second kappa shape index (κ2) is 14.5. The maximum absolute atomic E-state index is 5.59. The van der Waals surface area contributed by atoms with E-state index in [9.17, 15) is 0 Å². The van der Waals surface area contributed by atoms with Gasteiger partial charge in [0, 0.05) is 42.3 Å². The predicted octanol–water partition coefficient (Wildman–Crippen LogP) is 16.0. The molecule has 0 atom stereocenters. The van der Waals surface area contributed by atoms with Crippen LogP contribution in [0.3, 0.4) is 0 Å². The van der Waals surface area contributed by atoms with Gasteiger partial charge in [-0.05, 0) is 148 Å². The van der Waals surface area contributed by atoms with Crippen LogP contribution in [-0.2, 0) is 5.41 Å². The van der Waals surface area contributed by atoms with Crippen molar-refractivity contribution in [1.82, 2.24) is 15.0 Å². The number of hydrogen-bond acceptors (Lipinski definition) is 4. The Morgan fingerprint density at radius 1 is 0.369 bits per heavy atom. The van der Waals surface area contributed by atoms with Gasteiger partial charge in [0.15, 0.2) is 17.5 Å². The molecule has 3 nitrogen and oxygen atoms in total. The van der Waals surface area contributed by atoms with Crippen LogP contribution in [0.1, 0.15) is 43.2 Å². The number of nitrogens with zero attached hydrogens (tertiary/aromatic N) is 3. The van der Waals surface area contributed by atoms with Gasteiger partial charge in [0.25, 0.3) is 0 Å². The highest BCUT2D eigenvalue weighted by molar-refractivity contribution is 7.25. The predicted molar refractivity (Wildman–Crippen MR) is 269 cm³/mol. The first-order valence-corrected chi connectivity index (χ1v) is 24.2. The van der Waals surface area contributed by atoms with Gasteiger partial charge < -0.3 is 0 Å². The van der Waals surface area contributed by atoms with Crippen LogP contribution in [-0.4, -0.2) is 15.0 Å². The van der Waals surface area contributed by atoms with E-state index in [4.69, 9.17) is 15.0 Å². The van der Waals surface area contributed by atoms with Crippen molar-refractivity contribution in [3.8, 4) is 78.7 Å². The lowest BCUT2D eigenvalue weighted by Gasteiger charge is -2.61. The molecule has 4 fully saturated rings. The fourth-order valence-corrected chi connectivity index (χ4v) is 14.4. The Hall–Kier alpha value is -7.01. The molecule has 1 spiro atoms. The van der Waals surface area contributed by atoms with E-state index in [0.717, 1.165) is 56.6 Å². The molecule has 4 saturated carbocycles. The van der Waals surface area contributed by atoms with Crippen LogP contribution in [0.25, 0.3) is 98.8 Å². The largest absolute Gasteiger partial charge is 0.208 e. The molecule has 0 amide bonds. The molecule has 0 saturated heterocycles. The Morgan fingerprint density at radius 3 is 1.60 bits per heavy atom. The molecular formula is C61H45N3S. The molecule has 15 rings (SSSR count). The van der Waals surface area contributed by atoms with Crippen LogP contribution < -0.4 is 0 Å². The summed E-state index contributed by atoms with van der Waals surface area (Å²) < 4.78 is 2.69. The van der Waals surface area contributed by atoms with Crippen molar-refractivity contribution in [2.75, 3.05) is 0 Å². The van der Waals surface area contributed by atoms with Crippen LogP contribution in [0, 0.1) is 23.7 Å². The van der Waals surface area contributed by atoms with E-state index >= 15 is 0 Å². The highest BCUT2D eigenvalue weighted by atomic mass is 32.1. The van der Waals surface area contributed by atoms with Crippen molar-refractivity contribution in [1.29, 1.82) is 0 Å². The smallest absolute Gasteiger partial charge is 0.164 e. The number of thiophene rings is 1. The zero-order valence-corrected chi connectivity index (χ0v) is 36.8. The van der Waals surface area contributed by atoms with Crippen molar-refractivity contribution in [3.63, 3.8) is 0 Å². The average Bonchev–Trinajstić information content (AvgIpc) is 3.90. The van der Waals surface area contributed by atoms with Crippen molar-refractivity contribution in [2.45, 2.75) is 37.5 Å². The van der Waals surface area contributed by atoms with E-state index < -0.39 is 0 Å². The van der Waals surface area contributed by atoms with Gasteiger partial charge in [-0.3, -0.25) is 0 Å². The highest BCUT2D eigenvalue weighted by Gasteiger charge is 2.62. The van der Waals surface area contributed by atoms with Gasteiger partial charge in [-0.1, -0.05) is 152 Å². The minimum Gasteiger partial charge on any atom is -0.208 e. The third kappa shape index (κ3) is 5.76. The molecule has 310 valence electrons. The fraction of sp³-hybridized carbons (Fsp3) is 0.164. The summed E-state index contributed by atoms with van der Waals surface area (Å²) in [5.41, 5.74) is 15.9. The molecule has 65 heavy (non-hydrogen) atoms. The van der Waals surface area contributed by atoms with Crippen molar-refractivity contribution in [3.05, 3.63) is 199 Å². The Morgan fingerprint density at radius 2 is 0.908 bits per heavy atom. The molecule has 8 aromatic carbocycles. The quantitative estimate of drug-likeness (QED) is 0.167. The molecule has 0 radical (unpaired) electrons. The minimum absolute atomic E-state index is 0.0630. The van der Waals surface area contributed by atoms with Crippen molar-refractivity contribution in [2.24, 2.45) is 23.7 Å². The zero-order chi connectivity index (χ0) is 42.6. The molecule has 5 aliphatic carbocycles. The van der Waals surface area contributed by atoms with Crippen LogP contribution in [0.5, 0.6) is 0 Å². The van der Waals surface area contributed by atoms with Gasteiger partial charge in [-0.15, -0.1) is 11.3 Å². The molecule has 2 heterocycles. The second-order valence-corrected chi connectivity index (χ2v) is 20.2. The van der Waals surface area contributed by atoms with Crippen LogP contribution in [0.2, 0.25) is 0 Å². The SMILES string of the molecule is c1ccc(-c2cc(-c3ccccc3)cc(-c3nc(-c4ccccc4)nc(-c4ccc(-c5ccc6c(c5)sc5ccccc56)c5c4-c4ccccc4C54C5CC6CC(C5)CC4C6)n3)c2)cc1. The Kier molecular flexibility index (Phi) is 8.34. The molecule has 4 bridgehead atoms. The second-order valence-electron chi connectivity index (χ2n) is 19.1. The number of rotatable bonds is 6. The van der Waals surface area contributed by atoms with Gasteiger partial charge in [0.05, 0.1) is 0 Å². The van der Waals surface area contributed by atoms with E-state index in [1.54, 1.807) is 0 Å². The van der Waals surface area contributed by atoms with Gasteiger partial charge >= 0.3 is 0 Å². The monoisotopic (exact) mass is 851 g/mol.